The third kappa shape index (κ3) is 3.21. The molecule has 6 nitrogen and oxygen atoms in total. The lowest BCUT2D eigenvalue weighted by atomic mass is 10.1. The summed E-state index contributed by atoms with van der Waals surface area (Å²) in [7, 11) is -3.14. The summed E-state index contributed by atoms with van der Waals surface area (Å²) in [6, 6.07) is -0.689. The Morgan fingerprint density at radius 2 is 2.26 bits per heavy atom. The van der Waals surface area contributed by atoms with Crippen molar-refractivity contribution in [2.75, 3.05) is 13.1 Å². The number of hydrogen-bond donors (Lipinski definition) is 1. The number of nitrogens with one attached hydrogen (secondary N) is 1. The molecule has 2 atom stereocenters. The topological polar surface area (TPSA) is 74.7 Å². The zero-order chi connectivity index (χ0) is 16.6. The molecule has 1 saturated heterocycles. The van der Waals surface area contributed by atoms with Crippen molar-refractivity contribution >= 4 is 34.4 Å². The summed E-state index contributed by atoms with van der Waals surface area (Å²) in [5.41, 5.74) is -3.79. The van der Waals surface area contributed by atoms with E-state index in [-0.39, 0.29) is 19.5 Å². The van der Waals surface area contributed by atoms with E-state index in [2.05, 4.69) is 14.7 Å². The zero-order valence-corrected chi connectivity index (χ0v) is 13.2. The second kappa shape index (κ2) is 6.13. The van der Waals surface area contributed by atoms with Crippen LogP contribution in [0.5, 0.6) is 0 Å². The van der Waals surface area contributed by atoms with E-state index in [9.17, 15) is 22.2 Å². The van der Waals surface area contributed by atoms with E-state index in [4.69, 9.17) is 0 Å². The molecule has 0 radical (unpaired) electrons. The molecule has 2 aliphatic heterocycles. The smallest absolute Gasteiger partial charge is 0.326 e. The minimum absolute atomic E-state index is 0.146. The van der Waals surface area contributed by atoms with Crippen LogP contribution in [0.4, 0.5) is 13.2 Å². The predicted molar refractivity (Wildman–Crippen MR) is 79.1 cm³/mol. The molecule has 3 rings (SSSR count). The third-order valence-corrected chi connectivity index (χ3v) is 5.18. The molecule has 2 aliphatic rings. The summed E-state index contributed by atoms with van der Waals surface area (Å²) in [6.45, 7) is 0.312. The number of carbonyl (C=O) groups excluding carboxylic acids is 1. The molecule has 1 aromatic heterocycles. The minimum Gasteiger partial charge on any atom is -0.326 e. The van der Waals surface area contributed by atoms with E-state index in [0.29, 0.717) is 28.4 Å². The minimum atomic E-state index is -4.82. The van der Waals surface area contributed by atoms with Gasteiger partial charge in [-0.3, -0.25) is 9.79 Å². The van der Waals surface area contributed by atoms with Gasteiger partial charge in [0.25, 0.3) is 0 Å². The Morgan fingerprint density at radius 1 is 1.48 bits per heavy atom. The number of halogens is 3. The van der Waals surface area contributed by atoms with Gasteiger partial charge >= 0.3 is 5.51 Å². The van der Waals surface area contributed by atoms with E-state index in [1.165, 1.54) is 11.3 Å². The lowest BCUT2D eigenvalue weighted by Gasteiger charge is -2.25. The molecule has 0 aromatic carbocycles. The van der Waals surface area contributed by atoms with Crippen LogP contribution in [0.25, 0.3) is 0 Å². The van der Waals surface area contributed by atoms with Crippen molar-refractivity contribution in [3.8, 4) is 0 Å². The van der Waals surface area contributed by atoms with Crippen molar-refractivity contribution in [3.63, 3.8) is 0 Å². The Bertz CT molecular complexity index is 700. The van der Waals surface area contributed by atoms with Gasteiger partial charge in [-0.2, -0.15) is 13.2 Å². The second-order valence-corrected chi connectivity index (χ2v) is 7.04. The largest absolute Gasteiger partial charge is 0.485 e. The van der Waals surface area contributed by atoms with E-state index >= 15 is 0 Å². The molecule has 2 unspecified atom stereocenters. The van der Waals surface area contributed by atoms with Crippen LogP contribution < -0.4 is 4.72 Å². The Morgan fingerprint density at radius 3 is 2.87 bits per heavy atom. The maximum Gasteiger partial charge on any atom is 0.485 e. The SMILES string of the molecule is O=CC1=C2CC(NS(=O)C(F)(F)F)CN2C(c2nccs2)=NC1. The summed E-state index contributed by atoms with van der Waals surface area (Å²) in [6.07, 6.45) is 2.44. The summed E-state index contributed by atoms with van der Waals surface area (Å²) in [5.74, 6) is 0.530. The first kappa shape index (κ1) is 16.3. The Hall–Kier alpha value is -1.59. The number of nitrogens with zero attached hydrogens (tertiary/aromatic N) is 3. The molecule has 0 aliphatic carbocycles. The standard InChI is InChI=1S/C12H11F3N4O2S2/c13-12(14,15)23(21)18-8-3-9-7(6-20)4-17-10(19(9)5-8)11-16-1-2-22-11/h1-2,6,8,18H,3-5H2. The lowest BCUT2D eigenvalue weighted by Crippen LogP contribution is -2.40. The number of alkyl halides is 3. The molecule has 0 amide bonds. The molecule has 23 heavy (non-hydrogen) atoms. The van der Waals surface area contributed by atoms with E-state index < -0.39 is 22.5 Å². The highest BCUT2D eigenvalue weighted by molar-refractivity contribution is 7.83. The average Bonchev–Trinajstić information content (AvgIpc) is 3.14. The van der Waals surface area contributed by atoms with Gasteiger partial charge in [0.05, 0.1) is 6.54 Å². The third-order valence-electron chi connectivity index (χ3n) is 3.44. The highest BCUT2D eigenvalue weighted by Gasteiger charge is 2.42. The summed E-state index contributed by atoms with van der Waals surface area (Å²) < 4.78 is 50.6. The van der Waals surface area contributed by atoms with Gasteiger partial charge in [0, 0.05) is 41.9 Å². The molecule has 0 saturated carbocycles. The highest BCUT2D eigenvalue weighted by atomic mass is 32.2. The zero-order valence-electron chi connectivity index (χ0n) is 11.5. The van der Waals surface area contributed by atoms with Crippen molar-refractivity contribution in [2.45, 2.75) is 18.0 Å². The number of carbonyl (C=O) groups is 1. The molecule has 1 fully saturated rings. The van der Waals surface area contributed by atoms with Gasteiger partial charge < -0.3 is 4.90 Å². The van der Waals surface area contributed by atoms with Crippen molar-refractivity contribution in [3.05, 3.63) is 27.9 Å². The van der Waals surface area contributed by atoms with Crippen LogP contribution in [-0.2, 0) is 15.8 Å². The Kier molecular flexibility index (Phi) is 4.34. The monoisotopic (exact) mass is 364 g/mol. The first-order valence-electron chi connectivity index (χ1n) is 6.54. The summed E-state index contributed by atoms with van der Waals surface area (Å²) >= 11 is 1.35. The molecule has 11 heteroatoms. The van der Waals surface area contributed by atoms with E-state index in [1.54, 1.807) is 16.5 Å². The van der Waals surface area contributed by atoms with Crippen LogP contribution in [-0.4, -0.2) is 50.9 Å². The average molecular weight is 364 g/mol. The van der Waals surface area contributed by atoms with Crippen LogP contribution in [0.15, 0.2) is 27.8 Å². The van der Waals surface area contributed by atoms with Gasteiger partial charge in [-0.15, -0.1) is 11.3 Å². The molecule has 1 N–H and O–H groups in total. The molecule has 1 aromatic rings. The summed E-state index contributed by atoms with van der Waals surface area (Å²) in [4.78, 5) is 21.3. The van der Waals surface area contributed by atoms with E-state index in [1.807, 2.05) is 0 Å². The maximum absolute atomic E-state index is 12.4. The molecule has 0 bridgehead atoms. The fourth-order valence-corrected chi connectivity index (χ4v) is 3.76. The number of aliphatic imine (C=N–C) groups is 1. The van der Waals surface area contributed by atoms with Crippen molar-refractivity contribution in [1.82, 2.24) is 14.6 Å². The Balaban J connectivity index is 1.83. The number of thiazole rings is 1. The number of rotatable bonds is 4. The maximum atomic E-state index is 12.4. The fraction of sp³-hybridized carbons (Fsp3) is 0.417. The first-order chi connectivity index (χ1) is 10.9. The van der Waals surface area contributed by atoms with Crippen LogP contribution in [0.3, 0.4) is 0 Å². The molecule has 3 heterocycles. The number of aromatic nitrogens is 1. The number of amidine groups is 1. The van der Waals surface area contributed by atoms with Crippen LogP contribution in [0.2, 0.25) is 0 Å². The normalized spacial score (nSPS) is 22.8. The van der Waals surface area contributed by atoms with Crippen molar-refractivity contribution in [2.24, 2.45) is 4.99 Å². The molecule has 0 spiro atoms. The van der Waals surface area contributed by atoms with Crippen molar-refractivity contribution in [1.29, 1.82) is 0 Å². The first-order valence-corrected chi connectivity index (χ1v) is 8.57. The number of hydrogen-bond acceptors (Lipinski definition) is 6. The van der Waals surface area contributed by atoms with Crippen LogP contribution >= 0.6 is 11.3 Å². The fourth-order valence-electron chi connectivity index (χ4n) is 2.51. The van der Waals surface area contributed by atoms with Gasteiger partial charge in [-0.05, 0) is 0 Å². The van der Waals surface area contributed by atoms with Gasteiger partial charge in [0.2, 0.25) is 0 Å². The Labute approximate surface area is 135 Å². The molecule has 124 valence electrons. The van der Waals surface area contributed by atoms with Gasteiger partial charge in [-0.25, -0.2) is 13.9 Å². The molecular formula is C12H11F3N4O2S2. The lowest BCUT2D eigenvalue weighted by molar-refractivity contribution is -0.105. The molecular weight excluding hydrogens is 353 g/mol. The van der Waals surface area contributed by atoms with Crippen LogP contribution in [0.1, 0.15) is 11.4 Å². The predicted octanol–water partition coefficient (Wildman–Crippen LogP) is 1.20. The van der Waals surface area contributed by atoms with Gasteiger partial charge in [0.1, 0.15) is 6.29 Å². The quantitative estimate of drug-likeness (QED) is 0.815. The van der Waals surface area contributed by atoms with Crippen molar-refractivity contribution < 1.29 is 22.2 Å². The second-order valence-electron chi connectivity index (χ2n) is 4.91. The van der Waals surface area contributed by atoms with E-state index in [0.717, 1.165) is 0 Å². The summed E-state index contributed by atoms with van der Waals surface area (Å²) in [5, 5.41) is 2.39. The number of fused-ring (bicyclic) bond motifs is 1. The highest BCUT2D eigenvalue weighted by Crippen LogP contribution is 2.31. The number of aldehydes is 1. The van der Waals surface area contributed by atoms with Gasteiger partial charge in [-0.1, -0.05) is 0 Å². The van der Waals surface area contributed by atoms with Gasteiger partial charge in [0.15, 0.2) is 21.8 Å². The van der Waals surface area contributed by atoms with Crippen LogP contribution in [0, 0.1) is 0 Å².